The number of urea groups is 1. The highest BCUT2D eigenvalue weighted by atomic mass is 16.2. The first-order chi connectivity index (χ1) is 12.3. The van der Waals surface area contributed by atoms with Crippen molar-refractivity contribution in [2.75, 3.05) is 19.6 Å². The van der Waals surface area contributed by atoms with Gasteiger partial charge in [0, 0.05) is 11.8 Å². The summed E-state index contributed by atoms with van der Waals surface area (Å²) in [5, 5.41) is 3.50. The van der Waals surface area contributed by atoms with Gasteiger partial charge in [0.25, 0.3) is 11.8 Å². The second kappa shape index (κ2) is 7.07. The van der Waals surface area contributed by atoms with Gasteiger partial charge in [0.1, 0.15) is 5.54 Å². The van der Waals surface area contributed by atoms with Crippen LogP contribution in [0.4, 0.5) is 4.79 Å². The fourth-order valence-electron chi connectivity index (χ4n) is 4.17. The van der Waals surface area contributed by atoms with Crippen LogP contribution < -0.4 is 15.6 Å². The molecule has 4 amide bonds. The van der Waals surface area contributed by atoms with Gasteiger partial charge in [-0.1, -0.05) is 44.2 Å². The van der Waals surface area contributed by atoms with E-state index >= 15 is 0 Å². The zero-order valence-electron chi connectivity index (χ0n) is 15.5. The van der Waals surface area contributed by atoms with Crippen molar-refractivity contribution in [1.29, 1.82) is 0 Å². The van der Waals surface area contributed by atoms with E-state index in [1.807, 2.05) is 18.2 Å². The molecule has 2 saturated heterocycles. The molecule has 3 atom stereocenters. The van der Waals surface area contributed by atoms with Crippen molar-refractivity contribution in [2.24, 2.45) is 11.8 Å². The molecule has 7 heteroatoms. The Morgan fingerprint density at radius 3 is 2.46 bits per heavy atom. The third-order valence-corrected chi connectivity index (χ3v) is 5.27. The molecule has 2 aliphatic rings. The van der Waals surface area contributed by atoms with Gasteiger partial charge in [-0.2, -0.15) is 5.01 Å². The van der Waals surface area contributed by atoms with E-state index in [4.69, 9.17) is 0 Å². The van der Waals surface area contributed by atoms with Crippen molar-refractivity contribution in [1.82, 2.24) is 15.8 Å². The van der Waals surface area contributed by atoms with Gasteiger partial charge < -0.3 is 10.2 Å². The molecule has 2 aliphatic heterocycles. The molecule has 1 aromatic carbocycles. The average molecular weight is 359 g/mol. The summed E-state index contributed by atoms with van der Waals surface area (Å²) < 4.78 is 0. The average Bonchev–Trinajstić information content (AvgIpc) is 2.79. The molecule has 0 unspecified atom stereocenters. The zero-order chi connectivity index (χ0) is 18.9. The van der Waals surface area contributed by atoms with Gasteiger partial charge in [0.15, 0.2) is 6.54 Å². The third kappa shape index (κ3) is 3.58. The number of amides is 4. The third-order valence-electron chi connectivity index (χ3n) is 5.27. The molecule has 26 heavy (non-hydrogen) atoms. The number of piperidine rings is 1. The number of carbonyl (C=O) groups excluding carboxylic acids is 3. The minimum Gasteiger partial charge on any atom is -0.327 e. The molecule has 0 spiro atoms. The van der Waals surface area contributed by atoms with Gasteiger partial charge in [0.05, 0.1) is 13.1 Å². The Hall–Kier alpha value is -2.41. The van der Waals surface area contributed by atoms with E-state index in [1.165, 1.54) is 11.3 Å². The predicted molar refractivity (Wildman–Crippen MR) is 95.8 cm³/mol. The molecule has 0 radical (unpaired) electrons. The Morgan fingerprint density at radius 1 is 1.23 bits per heavy atom. The largest absolute Gasteiger partial charge is 0.344 e. The predicted octanol–water partition coefficient (Wildman–Crippen LogP) is 0.0456. The second-order valence-corrected chi connectivity index (χ2v) is 7.88. The van der Waals surface area contributed by atoms with E-state index in [1.54, 1.807) is 19.1 Å². The van der Waals surface area contributed by atoms with Crippen molar-refractivity contribution in [3.05, 3.63) is 35.9 Å². The Morgan fingerprint density at radius 2 is 1.85 bits per heavy atom. The maximum atomic E-state index is 12.8. The fraction of sp³-hybridized carbons (Fsp3) is 0.526. The minimum atomic E-state index is -1.17. The molecule has 2 fully saturated rings. The number of benzene rings is 1. The standard InChI is InChI=1S/C19H26N4O3/c1-13-9-14(2)11-22(10-13)12-16(24)21-23-17(25)19(3,20-18(23)26)15-7-5-4-6-8-15/h4-8,13-14H,9-12H2,1-3H3,(H,20,26)(H,21,24)/p+1/t13-,14-,19-/m1/s1. The number of hydrogen-bond donors (Lipinski definition) is 3. The maximum absolute atomic E-state index is 12.8. The van der Waals surface area contributed by atoms with E-state index in [2.05, 4.69) is 24.6 Å². The van der Waals surface area contributed by atoms with Crippen LogP contribution in [-0.2, 0) is 15.1 Å². The molecule has 0 saturated carbocycles. The lowest BCUT2D eigenvalue weighted by Crippen LogP contribution is -3.15. The molecular formula is C19H27N4O3+. The van der Waals surface area contributed by atoms with Crippen LogP contribution in [0.5, 0.6) is 0 Å². The molecule has 140 valence electrons. The van der Waals surface area contributed by atoms with E-state index in [0.717, 1.165) is 18.1 Å². The minimum absolute atomic E-state index is 0.258. The van der Waals surface area contributed by atoms with Gasteiger partial charge in [-0.3, -0.25) is 15.0 Å². The summed E-state index contributed by atoms with van der Waals surface area (Å²) in [6, 6.07) is 8.42. The quantitative estimate of drug-likeness (QED) is 0.664. The molecule has 0 aromatic heterocycles. The Labute approximate surface area is 153 Å². The summed E-state index contributed by atoms with van der Waals surface area (Å²) in [6.07, 6.45) is 1.17. The maximum Gasteiger partial charge on any atom is 0.344 e. The molecule has 3 rings (SSSR count). The zero-order valence-corrected chi connectivity index (χ0v) is 15.5. The summed E-state index contributed by atoms with van der Waals surface area (Å²) in [7, 11) is 0. The number of likely N-dealkylation sites (tertiary alicyclic amines) is 1. The summed E-state index contributed by atoms with van der Waals surface area (Å²) in [6.45, 7) is 8.15. The van der Waals surface area contributed by atoms with Crippen LogP contribution >= 0.6 is 0 Å². The highest BCUT2D eigenvalue weighted by Crippen LogP contribution is 2.27. The number of nitrogens with one attached hydrogen (secondary N) is 3. The van der Waals surface area contributed by atoms with Crippen molar-refractivity contribution < 1.29 is 19.3 Å². The number of imide groups is 1. The van der Waals surface area contributed by atoms with Gasteiger partial charge in [-0.05, 0) is 18.9 Å². The van der Waals surface area contributed by atoms with Crippen LogP contribution in [0.25, 0.3) is 0 Å². The Bertz CT molecular complexity index is 698. The lowest BCUT2D eigenvalue weighted by Gasteiger charge is -2.31. The smallest absolute Gasteiger partial charge is 0.327 e. The van der Waals surface area contributed by atoms with Crippen molar-refractivity contribution in [3.63, 3.8) is 0 Å². The van der Waals surface area contributed by atoms with Crippen LogP contribution in [-0.4, -0.2) is 42.5 Å². The number of hydrazine groups is 1. The van der Waals surface area contributed by atoms with Gasteiger partial charge in [0.2, 0.25) is 0 Å². The van der Waals surface area contributed by atoms with Crippen LogP contribution in [0.15, 0.2) is 30.3 Å². The number of rotatable bonds is 4. The normalized spacial score (nSPS) is 31.7. The summed E-state index contributed by atoms with van der Waals surface area (Å²) in [5.74, 6) is 0.346. The van der Waals surface area contributed by atoms with Gasteiger partial charge >= 0.3 is 6.03 Å². The van der Waals surface area contributed by atoms with E-state index in [-0.39, 0.29) is 12.5 Å². The molecule has 3 N–H and O–H groups in total. The number of nitrogens with zero attached hydrogens (tertiary/aromatic N) is 1. The van der Waals surface area contributed by atoms with Crippen LogP contribution in [0.3, 0.4) is 0 Å². The Kier molecular flexibility index (Phi) is 5.00. The first-order valence-electron chi connectivity index (χ1n) is 9.15. The molecule has 1 aromatic rings. The van der Waals surface area contributed by atoms with Crippen molar-refractivity contribution >= 4 is 17.8 Å². The molecular weight excluding hydrogens is 332 g/mol. The molecule has 2 heterocycles. The SMILES string of the molecule is C[C@@H]1C[C@@H](C)C[NH+](CC(=O)NN2C(=O)N[C@](C)(c3ccccc3)C2=O)C1. The lowest BCUT2D eigenvalue weighted by molar-refractivity contribution is -0.904. The summed E-state index contributed by atoms with van der Waals surface area (Å²) in [5.41, 5.74) is 2.00. The van der Waals surface area contributed by atoms with Crippen LogP contribution in [0, 0.1) is 11.8 Å². The molecule has 0 bridgehead atoms. The van der Waals surface area contributed by atoms with E-state index in [0.29, 0.717) is 17.4 Å². The van der Waals surface area contributed by atoms with Crippen molar-refractivity contribution in [2.45, 2.75) is 32.7 Å². The van der Waals surface area contributed by atoms with Crippen molar-refractivity contribution in [3.8, 4) is 0 Å². The van der Waals surface area contributed by atoms with Gasteiger partial charge in [-0.25, -0.2) is 4.79 Å². The first-order valence-corrected chi connectivity index (χ1v) is 9.15. The second-order valence-electron chi connectivity index (χ2n) is 7.88. The number of carbonyl (C=O) groups is 3. The fourth-order valence-corrected chi connectivity index (χ4v) is 4.17. The highest BCUT2D eigenvalue weighted by molar-refractivity contribution is 6.08. The van der Waals surface area contributed by atoms with Crippen LogP contribution in [0.1, 0.15) is 32.8 Å². The van der Waals surface area contributed by atoms with Gasteiger partial charge in [-0.15, -0.1) is 0 Å². The monoisotopic (exact) mass is 359 g/mol. The first kappa shape index (κ1) is 18.4. The topological polar surface area (TPSA) is 82.9 Å². The number of quaternary nitrogens is 1. The molecule has 0 aliphatic carbocycles. The number of hydrogen-bond acceptors (Lipinski definition) is 3. The molecule has 7 nitrogen and oxygen atoms in total. The Balaban J connectivity index is 1.65. The summed E-state index contributed by atoms with van der Waals surface area (Å²) >= 11 is 0. The van der Waals surface area contributed by atoms with Crippen LogP contribution in [0.2, 0.25) is 0 Å². The summed E-state index contributed by atoms with van der Waals surface area (Å²) in [4.78, 5) is 38.7. The lowest BCUT2D eigenvalue weighted by atomic mass is 9.92. The van der Waals surface area contributed by atoms with E-state index in [9.17, 15) is 14.4 Å². The highest BCUT2D eigenvalue weighted by Gasteiger charge is 2.50. The van der Waals surface area contributed by atoms with E-state index < -0.39 is 17.5 Å².